The molecule has 92 valence electrons. The predicted octanol–water partition coefficient (Wildman–Crippen LogP) is 2.15. The maximum atomic E-state index is 11.9. The minimum atomic E-state index is -4.21. The molecule has 0 bridgehead atoms. The number of nitrogens with zero attached hydrogens (tertiary/aromatic N) is 2. The molecule has 1 heterocycles. The van der Waals surface area contributed by atoms with E-state index in [-0.39, 0.29) is 18.1 Å². The van der Waals surface area contributed by atoms with Crippen LogP contribution in [0, 0.1) is 0 Å². The van der Waals surface area contributed by atoms with Gasteiger partial charge in [0.05, 0.1) is 12.0 Å². The fraction of sp³-hybridized carbons (Fsp3) is 0.778. The molecule has 2 N–H and O–H groups in total. The zero-order valence-corrected chi connectivity index (χ0v) is 9.14. The zero-order valence-electron chi connectivity index (χ0n) is 9.14. The molecule has 0 spiro atoms. The average molecular weight is 237 g/mol. The lowest BCUT2D eigenvalue weighted by molar-refractivity contribution is -0.134. The Balaban J connectivity index is 2.66. The molecule has 0 radical (unpaired) electrons. The van der Waals surface area contributed by atoms with E-state index in [0.29, 0.717) is 6.42 Å². The van der Waals surface area contributed by atoms with Crippen LogP contribution in [0.1, 0.15) is 38.4 Å². The fourth-order valence-electron chi connectivity index (χ4n) is 0.992. The van der Waals surface area contributed by atoms with Gasteiger partial charge in [-0.1, -0.05) is 12.1 Å². The Hall–Kier alpha value is -1.11. The average Bonchev–Trinajstić information content (AvgIpc) is 2.62. The normalized spacial score (nSPS) is 16.1. The van der Waals surface area contributed by atoms with Crippen LogP contribution >= 0.6 is 0 Å². The third-order valence-electron chi connectivity index (χ3n) is 2.32. The molecule has 16 heavy (non-hydrogen) atoms. The lowest BCUT2D eigenvalue weighted by Crippen LogP contribution is -2.32. The van der Waals surface area contributed by atoms with E-state index in [1.165, 1.54) is 0 Å². The summed E-state index contributed by atoms with van der Waals surface area (Å²) in [5, 5.41) is 3.47. The van der Waals surface area contributed by atoms with Crippen LogP contribution in [-0.4, -0.2) is 16.3 Å². The molecule has 0 amide bonds. The summed E-state index contributed by atoms with van der Waals surface area (Å²) in [5.41, 5.74) is 5.03. The van der Waals surface area contributed by atoms with Crippen LogP contribution in [0.5, 0.6) is 0 Å². The second kappa shape index (κ2) is 4.40. The molecule has 0 fully saturated rings. The van der Waals surface area contributed by atoms with Crippen LogP contribution in [0.25, 0.3) is 0 Å². The zero-order chi connectivity index (χ0) is 12.4. The van der Waals surface area contributed by atoms with Crippen LogP contribution in [0.3, 0.4) is 0 Å². The minimum absolute atomic E-state index is 0.0393. The minimum Gasteiger partial charge on any atom is -0.337 e. The molecule has 4 nitrogen and oxygen atoms in total. The highest BCUT2D eigenvalue weighted by Crippen LogP contribution is 2.23. The van der Waals surface area contributed by atoms with Crippen LogP contribution in [-0.2, 0) is 12.0 Å². The van der Waals surface area contributed by atoms with Crippen molar-refractivity contribution in [3.8, 4) is 0 Å². The van der Waals surface area contributed by atoms with E-state index in [4.69, 9.17) is 10.3 Å². The van der Waals surface area contributed by atoms with E-state index in [0.717, 1.165) is 0 Å². The summed E-state index contributed by atoms with van der Waals surface area (Å²) < 4.78 is 40.6. The second-order valence-corrected chi connectivity index (χ2v) is 3.90. The van der Waals surface area contributed by atoms with Crippen molar-refractivity contribution in [2.45, 2.75) is 44.8 Å². The third kappa shape index (κ3) is 3.48. The lowest BCUT2D eigenvalue weighted by atomic mass is 10.0. The van der Waals surface area contributed by atoms with Crippen LogP contribution in [0.2, 0.25) is 0 Å². The lowest BCUT2D eigenvalue weighted by Gasteiger charge is -2.16. The van der Waals surface area contributed by atoms with Crippen LogP contribution < -0.4 is 5.73 Å². The van der Waals surface area contributed by atoms with Crippen molar-refractivity contribution >= 4 is 0 Å². The summed E-state index contributed by atoms with van der Waals surface area (Å²) in [4.78, 5) is 3.85. The van der Waals surface area contributed by atoms with Crippen molar-refractivity contribution in [2.75, 3.05) is 0 Å². The molecule has 1 unspecified atom stereocenters. The first kappa shape index (κ1) is 13.0. The molecule has 0 aliphatic heterocycles. The predicted molar refractivity (Wildman–Crippen MR) is 50.5 cm³/mol. The molecule has 0 saturated carbocycles. The summed E-state index contributed by atoms with van der Waals surface area (Å²) in [6.45, 7) is 3.52. The Labute approximate surface area is 91.0 Å². The highest BCUT2D eigenvalue weighted by molar-refractivity contribution is 4.99. The van der Waals surface area contributed by atoms with Crippen molar-refractivity contribution in [3.63, 3.8) is 0 Å². The van der Waals surface area contributed by atoms with Crippen LogP contribution in [0.15, 0.2) is 4.52 Å². The van der Waals surface area contributed by atoms with Crippen LogP contribution in [0.4, 0.5) is 13.2 Å². The van der Waals surface area contributed by atoms with Gasteiger partial charge in [0.1, 0.15) is 0 Å². The van der Waals surface area contributed by atoms with Crippen molar-refractivity contribution < 1.29 is 17.7 Å². The molecule has 0 aliphatic carbocycles. The Morgan fingerprint density at radius 2 is 2.00 bits per heavy atom. The molecule has 0 saturated heterocycles. The second-order valence-electron chi connectivity index (χ2n) is 3.90. The SMILES string of the molecule is CCC(C)(N)c1nc(CCC(F)(F)F)no1. The van der Waals surface area contributed by atoms with Crippen molar-refractivity contribution in [1.29, 1.82) is 0 Å². The van der Waals surface area contributed by atoms with E-state index in [1.807, 2.05) is 6.92 Å². The Kier molecular flexibility index (Phi) is 3.57. The first-order valence-electron chi connectivity index (χ1n) is 4.93. The maximum absolute atomic E-state index is 11.9. The van der Waals surface area contributed by atoms with Gasteiger partial charge in [-0.05, 0) is 13.3 Å². The summed E-state index contributed by atoms with van der Waals surface area (Å²) in [7, 11) is 0. The quantitative estimate of drug-likeness (QED) is 0.871. The first-order valence-corrected chi connectivity index (χ1v) is 4.93. The molecule has 1 aromatic heterocycles. The molecule has 1 aromatic rings. The van der Waals surface area contributed by atoms with E-state index in [2.05, 4.69) is 10.1 Å². The molecule has 7 heteroatoms. The van der Waals surface area contributed by atoms with Crippen molar-refractivity contribution in [2.24, 2.45) is 5.73 Å². The molecule has 0 aromatic carbocycles. The molecule has 1 rings (SSSR count). The third-order valence-corrected chi connectivity index (χ3v) is 2.32. The number of nitrogens with two attached hydrogens (primary N) is 1. The number of hydrogen-bond acceptors (Lipinski definition) is 4. The molecule has 0 aliphatic rings. The van der Waals surface area contributed by atoms with E-state index in [9.17, 15) is 13.2 Å². The Bertz CT molecular complexity index is 346. The largest absolute Gasteiger partial charge is 0.389 e. The summed E-state index contributed by atoms with van der Waals surface area (Å²) in [5.74, 6) is 0.213. The number of aromatic nitrogens is 2. The number of hydrogen-bond donors (Lipinski definition) is 1. The summed E-state index contributed by atoms with van der Waals surface area (Å²) in [6.07, 6.45) is -4.89. The molecular weight excluding hydrogens is 223 g/mol. The standard InChI is InChI=1S/C9H14F3N3O/c1-3-8(2,13)7-14-6(15-16-7)4-5-9(10,11)12/h3-5,13H2,1-2H3. The van der Waals surface area contributed by atoms with Gasteiger partial charge in [0, 0.05) is 6.42 Å². The van der Waals surface area contributed by atoms with E-state index >= 15 is 0 Å². The number of aryl methyl sites for hydroxylation is 1. The number of halogens is 3. The van der Waals surface area contributed by atoms with Gasteiger partial charge in [0.25, 0.3) is 0 Å². The van der Waals surface area contributed by atoms with Gasteiger partial charge >= 0.3 is 6.18 Å². The Morgan fingerprint density at radius 1 is 1.38 bits per heavy atom. The maximum Gasteiger partial charge on any atom is 0.389 e. The van der Waals surface area contributed by atoms with E-state index in [1.54, 1.807) is 6.92 Å². The van der Waals surface area contributed by atoms with E-state index < -0.39 is 18.1 Å². The van der Waals surface area contributed by atoms with Gasteiger partial charge in [-0.2, -0.15) is 18.2 Å². The van der Waals surface area contributed by atoms with Crippen molar-refractivity contribution in [3.05, 3.63) is 11.7 Å². The topological polar surface area (TPSA) is 64.9 Å². The van der Waals surface area contributed by atoms with Gasteiger partial charge in [-0.15, -0.1) is 0 Å². The number of rotatable bonds is 4. The van der Waals surface area contributed by atoms with Gasteiger partial charge in [0.15, 0.2) is 5.82 Å². The highest BCUT2D eigenvalue weighted by Gasteiger charge is 2.29. The van der Waals surface area contributed by atoms with Gasteiger partial charge < -0.3 is 10.3 Å². The van der Waals surface area contributed by atoms with Gasteiger partial charge in [-0.25, -0.2) is 0 Å². The summed E-state index contributed by atoms with van der Waals surface area (Å²) in [6, 6.07) is 0. The smallest absolute Gasteiger partial charge is 0.337 e. The van der Waals surface area contributed by atoms with Gasteiger partial charge in [0.2, 0.25) is 5.89 Å². The van der Waals surface area contributed by atoms with Crippen molar-refractivity contribution in [1.82, 2.24) is 10.1 Å². The molecular formula is C9H14F3N3O. The highest BCUT2D eigenvalue weighted by atomic mass is 19.4. The molecule has 1 atom stereocenters. The fourth-order valence-corrected chi connectivity index (χ4v) is 0.992. The Morgan fingerprint density at radius 3 is 2.50 bits per heavy atom. The van der Waals surface area contributed by atoms with Gasteiger partial charge in [-0.3, -0.25) is 0 Å². The monoisotopic (exact) mass is 237 g/mol. The summed E-state index contributed by atoms with van der Waals surface area (Å²) >= 11 is 0. The first-order chi connectivity index (χ1) is 7.24. The number of alkyl halides is 3.